The fourth-order valence-electron chi connectivity index (χ4n) is 3.02. The van der Waals surface area contributed by atoms with Crippen LogP contribution >= 0.6 is 27.5 Å². The number of carbonyl (C=O) groups is 2. The number of nitrogens with zero attached hydrogens (tertiary/aromatic N) is 1. The molecule has 0 aromatic heterocycles. The van der Waals surface area contributed by atoms with Crippen molar-refractivity contribution in [2.45, 2.75) is 20.3 Å². The van der Waals surface area contributed by atoms with E-state index in [4.69, 9.17) is 11.6 Å². The van der Waals surface area contributed by atoms with Crippen LogP contribution in [0.25, 0.3) is 0 Å². The van der Waals surface area contributed by atoms with Crippen LogP contribution in [0.1, 0.15) is 17.5 Å². The maximum Gasteiger partial charge on any atom is 0.229 e. The van der Waals surface area contributed by atoms with E-state index in [1.54, 1.807) is 29.2 Å². The number of rotatable bonds is 3. The number of hydrogen-bond donors (Lipinski definition) is 1. The Kier molecular flexibility index (Phi) is 5.16. The molecule has 1 aliphatic heterocycles. The lowest BCUT2D eigenvalue weighted by Gasteiger charge is -2.17. The number of carbonyl (C=O) groups excluding carboxylic acids is 2. The Hall–Kier alpha value is -1.85. The van der Waals surface area contributed by atoms with Gasteiger partial charge in [0.1, 0.15) is 0 Å². The smallest absolute Gasteiger partial charge is 0.229 e. The molecule has 130 valence electrons. The van der Waals surface area contributed by atoms with Gasteiger partial charge < -0.3 is 10.2 Å². The Bertz CT molecular complexity index is 813. The molecule has 0 radical (unpaired) electrons. The zero-order valence-corrected chi connectivity index (χ0v) is 16.3. The Morgan fingerprint density at radius 1 is 1.20 bits per heavy atom. The van der Waals surface area contributed by atoms with E-state index < -0.39 is 0 Å². The highest BCUT2D eigenvalue weighted by Gasteiger charge is 2.35. The molecule has 1 aliphatic rings. The number of amides is 2. The minimum Gasteiger partial charge on any atom is -0.326 e. The molecule has 25 heavy (non-hydrogen) atoms. The fraction of sp³-hybridized carbons (Fsp3) is 0.263. The largest absolute Gasteiger partial charge is 0.326 e. The Labute approximate surface area is 160 Å². The first-order chi connectivity index (χ1) is 11.8. The van der Waals surface area contributed by atoms with Crippen molar-refractivity contribution in [1.82, 2.24) is 0 Å². The van der Waals surface area contributed by atoms with Crippen molar-refractivity contribution < 1.29 is 9.59 Å². The molecule has 0 aliphatic carbocycles. The van der Waals surface area contributed by atoms with Gasteiger partial charge >= 0.3 is 0 Å². The third-order valence-corrected chi connectivity index (χ3v) is 5.84. The maximum atomic E-state index is 12.6. The summed E-state index contributed by atoms with van der Waals surface area (Å²) in [6.45, 7) is 4.34. The average molecular weight is 422 g/mol. The molecular weight excluding hydrogens is 404 g/mol. The molecule has 2 aromatic rings. The minimum absolute atomic E-state index is 0.0503. The molecule has 3 rings (SSSR count). The Morgan fingerprint density at radius 2 is 1.80 bits per heavy atom. The van der Waals surface area contributed by atoms with E-state index in [9.17, 15) is 9.59 Å². The third-order valence-electron chi connectivity index (χ3n) is 4.34. The lowest BCUT2D eigenvalue weighted by Crippen LogP contribution is -2.28. The first-order valence-corrected chi connectivity index (χ1v) is 9.16. The van der Waals surface area contributed by atoms with Crippen LogP contribution in [0.2, 0.25) is 5.02 Å². The number of hydrogen-bond acceptors (Lipinski definition) is 2. The monoisotopic (exact) mass is 420 g/mol. The predicted molar refractivity (Wildman–Crippen MR) is 104 cm³/mol. The van der Waals surface area contributed by atoms with E-state index in [0.717, 1.165) is 27.0 Å². The zero-order valence-electron chi connectivity index (χ0n) is 14.0. The van der Waals surface area contributed by atoms with Crippen molar-refractivity contribution in [3.05, 3.63) is 57.0 Å². The summed E-state index contributed by atoms with van der Waals surface area (Å²) in [5, 5.41) is 3.55. The van der Waals surface area contributed by atoms with Crippen LogP contribution in [0.3, 0.4) is 0 Å². The van der Waals surface area contributed by atoms with Crippen molar-refractivity contribution >= 4 is 50.7 Å². The summed E-state index contributed by atoms with van der Waals surface area (Å²) in [5.41, 5.74) is 3.63. The topological polar surface area (TPSA) is 49.4 Å². The molecule has 1 N–H and O–H groups in total. The number of anilines is 2. The van der Waals surface area contributed by atoms with Gasteiger partial charge in [0.25, 0.3) is 0 Å². The lowest BCUT2D eigenvalue weighted by molar-refractivity contribution is -0.122. The standard InChI is InChI=1S/C19H18BrClN2O2/c1-11-7-15(8-12(2)18(11)20)22-19(25)13-9-17(24)23(10-13)16-5-3-14(21)4-6-16/h3-8,13H,9-10H2,1-2H3,(H,22,25)/t13-/m0/s1. The second kappa shape index (κ2) is 7.18. The highest BCUT2D eigenvalue weighted by Crippen LogP contribution is 2.29. The van der Waals surface area contributed by atoms with Crippen molar-refractivity contribution in [3.63, 3.8) is 0 Å². The highest BCUT2D eigenvalue weighted by molar-refractivity contribution is 9.10. The normalized spacial score (nSPS) is 17.0. The van der Waals surface area contributed by atoms with Crippen LogP contribution in [0.4, 0.5) is 11.4 Å². The summed E-state index contributed by atoms with van der Waals surface area (Å²) in [7, 11) is 0. The molecule has 1 saturated heterocycles. The number of halogens is 2. The van der Waals surface area contributed by atoms with E-state index in [-0.39, 0.29) is 24.2 Å². The van der Waals surface area contributed by atoms with E-state index in [1.165, 1.54) is 0 Å². The second-order valence-corrected chi connectivity index (χ2v) is 7.52. The van der Waals surface area contributed by atoms with Crippen LogP contribution in [-0.4, -0.2) is 18.4 Å². The highest BCUT2D eigenvalue weighted by atomic mass is 79.9. The second-order valence-electron chi connectivity index (χ2n) is 6.30. The van der Waals surface area contributed by atoms with Gasteiger partial charge in [0.05, 0.1) is 5.92 Å². The van der Waals surface area contributed by atoms with E-state index in [2.05, 4.69) is 21.2 Å². The molecule has 2 amide bonds. The summed E-state index contributed by atoms with van der Waals surface area (Å²) in [6, 6.07) is 10.9. The molecule has 2 aromatic carbocycles. The van der Waals surface area contributed by atoms with Crippen LogP contribution in [-0.2, 0) is 9.59 Å². The van der Waals surface area contributed by atoms with Gasteiger partial charge in [0.15, 0.2) is 0 Å². The minimum atomic E-state index is -0.368. The first kappa shape index (κ1) is 18.0. The van der Waals surface area contributed by atoms with Gasteiger partial charge in [-0.2, -0.15) is 0 Å². The predicted octanol–water partition coefficient (Wildman–Crippen LogP) is 4.71. The number of benzene rings is 2. The summed E-state index contributed by atoms with van der Waals surface area (Å²) < 4.78 is 1.04. The molecular formula is C19H18BrClN2O2. The van der Waals surface area contributed by atoms with Crippen LogP contribution in [0.15, 0.2) is 40.9 Å². The van der Waals surface area contributed by atoms with Crippen LogP contribution < -0.4 is 10.2 Å². The molecule has 1 heterocycles. The molecule has 0 bridgehead atoms. The molecule has 1 atom stereocenters. The van der Waals surface area contributed by atoms with Gasteiger partial charge in [0.2, 0.25) is 11.8 Å². The van der Waals surface area contributed by atoms with Gasteiger partial charge in [-0.25, -0.2) is 0 Å². The maximum absolute atomic E-state index is 12.6. The molecule has 1 fully saturated rings. The molecule has 0 spiro atoms. The van der Waals surface area contributed by atoms with E-state index >= 15 is 0 Å². The Morgan fingerprint density at radius 3 is 2.40 bits per heavy atom. The van der Waals surface area contributed by atoms with Crippen LogP contribution in [0, 0.1) is 19.8 Å². The van der Waals surface area contributed by atoms with Gasteiger partial charge in [-0.15, -0.1) is 0 Å². The van der Waals surface area contributed by atoms with Crippen molar-refractivity contribution in [2.75, 3.05) is 16.8 Å². The summed E-state index contributed by atoms with van der Waals surface area (Å²) in [5.74, 6) is -0.552. The van der Waals surface area contributed by atoms with Gasteiger partial charge in [-0.3, -0.25) is 9.59 Å². The van der Waals surface area contributed by atoms with E-state index in [1.807, 2.05) is 26.0 Å². The lowest BCUT2D eigenvalue weighted by atomic mass is 10.1. The number of nitrogens with one attached hydrogen (secondary N) is 1. The molecule has 0 saturated carbocycles. The summed E-state index contributed by atoms with van der Waals surface area (Å²) in [4.78, 5) is 26.5. The molecule has 6 heteroatoms. The van der Waals surface area contributed by atoms with Crippen molar-refractivity contribution in [2.24, 2.45) is 5.92 Å². The van der Waals surface area contributed by atoms with Gasteiger partial charge in [-0.05, 0) is 61.4 Å². The van der Waals surface area contributed by atoms with Crippen LogP contribution in [0.5, 0.6) is 0 Å². The van der Waals surface area contributed by atoms with Gasteiger partial charge in [-0.1, -0.05) is 27.5 Å². The summed E-state index contributed by atoms with van der Waals surface area (Å²) >= 11 is 9.41. The quantitative estimate of drug-likeness (QED) is 0.780. The van der Waals surface area contributed by atoms with E-state index in [0.29, 0.717) is 11.6 Å². The SMILES string of the molecule is Cc1cc(NC(=O)[C@H]2CC(=O)N(c3ccc(Cl)cc3)C2)cc(C)c1Br. The summed E-state index contributed by atoms with van der Waals surface area (Å²) in [6.07, 6.45) is 0.211. The average Bonchev–Trinajstić information content (AvgIpc) is 2.95. The van der Waals surface area contributed by atoms with Crippen molar-refractivity contribution in [1.29, 1.82) is 0 Å². The fourth-order valence-corrected chi connectivity index (χ4v) is 3.37. The van der Waals surface area contributed by atoms with Gasteiger partial charge in [0, 0.05) is 33.8 Å². The zero-order chi connectivity index (χ0) is 18.1. The molecule has 0 unspecified atom stereocenters. The number of aryl methyl sites for hydroxylation is 2. The Balaban J connectivity index is 1.71. The first-order valence-electron chi connectivity index (χ1n) is 7.98. The third kappa shape index (κ3) is 3.88. The van der Waals surface area contributed by atoms with Crippen molar-refractivity contribution in [3.8, 4) is 0 Å². The molecule has 4 nitrogen and oxygen atoms in total.